The molecule has 114 valence electrons. The first-order chi connectivity index (χ1) is 8.41. The van der Waals surface area contributed by atoms with Gasteiger partial charge in [0.15, 0.2) is 5.96 Å². The van der Waals surface area contributed by atoms with Crippen LogP contribution in [0.5, 0.6) is 0 Å². The van der Waals surface area contributed by atoms with E-state index in [0.29, 0.717) is 0 Å². The summed E-state index contributed by atoms with van der Waals surface area (Å²) >= 11 is 1.84. The van der Waals surface area contributed by atoms with Gasteiger partial charge in [-0.05, 0) is 27.0 Å². The molecule has 0 aromatic carbocycles. The number of aliphatic imine (C=N–C) groups is 1. The van der Waals surface area contributed by atoms with Gasteiger partial charge in [0.25, 0.3) is 0 Å². The van der Waals surface area contributed by atoms with Crippen LogP contribution in [0.1, 0.15) is 27.7 Å². The van der Waals surface area contributed by atoms with E-state index < -0.39 is 0 Å². The van der Waals surface area contributed by atoms with Crippen molar-refractivity contribution >= 4 is 41.7 Å². The van der Waals surface area contributed by atoms with Crippen LogP contribution in [0.15, 0.2) is 4.99 Å². The Balaban J connectivity index is 0.00000324. The highest BCUT2D eigenvalue weighted by atomic mass is 127. The zero-order valence-electron chi connectivity index (χ0n) is 12.7. The van der Waals surface area contributed by atoms with Crippen LogP contribution in [0.4, 0.5) is 0 Å². The molecule has 0 aliphatic carbocycles. The number of nitrogens with one attached hydrogen (secondary N) is 2. The monoisotopic (exact) mass is 401 g/mol. The van der Waals surface area contributed by atoms with Crippen molar-refractivity contribution < 1.29 is 4.74 Å². The maximum absolute atomic E-state index is 5.26. The molecule has 0 unspecified atom stereocenters. The van der Waals surface area contributed by atoms with Gasteiger partial charge in [-0.25, -0.2) is 0 Å². The average molecular weight is 401 g/mol. The van der Waals surface area contributed by atoms with E-state index in [0.717, 1.165) is 38.8 Å². The summed E-state index contributed by atoms with van der Waals surface area (Å²) in [5.41, 5.74) is 0.269. The minimum Gasteiger partial charge on any atom is -0.380 e. The van der Waals surface area contributed by atoms with Gasteiger partial charge in [-0.1, -0.05) is 6.92 Å². The van der Waals surface area contributed by atoms with E-state index in [-0.39, 0.29) is 34.1 Å². The van der Waals surface area contributed by atoms with Crippen molar-refractivity contribution in [1.29, 1.82) is 0 Å². The second-order valence-corrected chi connectivity index (χ2v) is 7.33. The van der Waals surface area contributed by atoms with E-state index in [1.54, 1.807) is 0 Å². The molecule has 0 saturated carbocycles. The number of guanidine groups is 1. The van der Waals surface area contributed by atoms with Gasteiger partial charge in [-0.2, -0.15) is 11.8 Å². The van der Waals surface area contributed by atoms with Gasteiger partial charge >= 0.3 is 0 Å². The molecule has 0 aromatic rings. The van der Waals surface area contributed by atoms with Gasteiger partial charge in [0.1, 0.15) is 0 Å². The second-order valence-electron chi connectivity index (χ2n) is 5.82. The van der Waals surface area contributed by atoms with Crippen molar-refractivity contribution in [2.75, 3.05) is 39.1 Å². The summed E-state index contributed by atoms with van der Waals surface area (Å²) in [5, 5.41) is 6.70. The first kappa shape index (κ1) is 19.3. The zero-order valence-corrected chi connectivity index (χ0v) is 15.9. The van der Waals surface area contributed by atoms with Crippen LogP contribution in [0.2, 0.25) is 0 Å². The molecule has 0 spiro atoms. The van der Waals surface area contributed by atoms with Crippen molar-refractivity contribution in [3.63, 3.8) is 0 Å². The van der Waals surface area contributed by atoms with Gasteiger partial charge in [0.05, 0.1) is 19.8 Å². The lowest BCUT2D eigenvalue weighted by molar-refractivity contribution is -0.0971. The van der Waals surface area contributed by atoms with E-state index in [2.05, 4.69) is 49.6 Å². The Morgan fingerprint density at radius 3 is 2.42 bits per heavy atom. The maximum Gasteiger partial charge on any atom is 0.191 e. The molecule has 0 atom stereocenters. The third-order valence-corrected chi connectivity index (χ3v) is 4.33. The third kappa shape index (κ3) is 7.04. The topological polar surface area (TPSA) is 45.7 Å². The van der Waals surface area contributed by atoms with Crippen LogP contribution in [-0.2, 0) is 4.74 Å². The quantitative estimate of drug-likeness (QED) is 0.408. The van der Waals surface area contributed by atoms with E-state index in [4.69, 9.17) is 4.74 Å². The highest BCUT2D eigenvalue weighted by Gasteiger charge is 2.33. The Hall–Kier alpha value is 0.310. The molecular formula is C13H28IN3OS. The molecule has 0 aromatic heterocycles. The molecule has 1 aliphatic heterocycles. The predicted molar refractivity (Wildman–Crippen MR) is 95.9 cm³/mol. The molecule has 1 aliphatic rings. The summed E-state index contributed by atoms with van der Waals surface area (Å²) in [6.07, 6.45) is 2.13. The number of nitrogens with zero attached hydrogens (tertiary/aromatic N) is 1. The van der Waals surface area contributed by atoms with Crippen molar-refractivity contribution in [3.8, 4) is 0 Å². The van der Waals surface area contributed by atoms with Crippen molar-refractivity contribution in [2.24, 2.45) is 10.4 Å². The minimum absolute atomic E-state index is 0. The summed E-state index contributed by atoms with van der Waals surface area (Å²) < 4.78 is 5.44. The Labute approximate surface area is 138 Å². The summed E-state index contributed by atoms with van der Waals surface area (Å²) in [6.45, 7) is 13.1. The maximum atomic E-state index is 5.26. The Morgan fingerprint density at radius 1 is 1.37 bits per heavy atom. The Morgan fingerprint density at radius 2 is 2.00 bits per heavy atom. The molecular weight excluding hydrogens is 373 g/mol. The molecule has 4 nitrogen and oxygen atoms in total. The predicted octanol–water partition coefficient (Wildman–Crippen LogP) is 2.34. The standard InChI is InChI=1S/C13H27N3OS.HI/c1-6-14-11(15-7-12(2,3)18-5)16-8-13(4)9-17-10-13;/h6-10H2,1-5H3,(H2,14,15,16);1H. The van der Waals surface area contributed by atoms with Crippen LogP contribution >= 0.6 is 35.7 Å². The van der Waals surface area contributed by atoms with Crippen LogP contribution in [0.3, 0.4) is 0 Å². The first-order valence-electron chi connectivity index (χ1n) is 6.56. The fraction of sp³-hybridized carbons (Fsp3) is 0.923. The number of hydrogen-bond acceptors (Lipinski definition) is 3. The van der Waals surface area contributed by atoms with E-state index in [9.17, 15) is 0 Å². The molecule has 1 heterocycles. The van der Waals surface area contributed by atoms with Gasteiger partial charge < -0.3 is 15.4 Å². The summed E-state index contributed by atoms with van der Waals surface area (Å²) in [5.74, 6) is 0.910. The lowest BCUT2D eigenvalue weighted by Gasteiger charge is -2.38. The van der Waals surface area contributed by atoms with Gasteiger partial charge in [-0.3, -0.25) is 4.99 Å². The minimum atomic E-state index is 0. The van der Waals surface area contributed by atoms with E-state index in [1.807, 2.05) is 11.8 Å². The first-order valence-corrected chi connectivity index (χ1v) is 7.78. The fourth-order valence-electron chi connectivity index (χ4n) is 1.53. The molecule has 0 bridgehead atoms. The molecule has 0 radical (unpaired) electrons. The molecule has 1 rings (SSSR count). The van der Waals surface area contributed by atoms with Gasteiger partial charge in [0.2, 0.25) is 0 Å². The highest BCUT2D eigenvalue weighted by molar-refractivity contribution is 14.0. The molecule has 1 saturated heterocycles. The fourth-order valence-corrected chi connectivity index (χ4v) is 1.72. The molecule has 2 N–H and O–H groups in total. The number of rotatable bonds is 6. The van der Waals surface area contributed by atoms with Crippen LogP contribution in [-0.4, -0.2) is 49.8 Å². The van der Waals surface area contributed by atoms with Crippen molar-refractivity contribution in [3.05, 3.63) is 0 Å². The normalized spacial score (nSPS) is 18.3. The van der Waals surface area contributed by atoms with Gasteiger partial charge in [0, 0.05) is 23.3 Å². The van der Waals surface area contributed by atoms with Crippen LogP contribution in [0.25, 0.3) is 0 Å². The van der Waals surface area contributed by atoms with E-state index in [1.165, 1.54) is 0 Å². The number of hydrogen-bond donors (Lipinski definition) is 2. The number of halogens is 1. The van der Waals surface area contributed by atoms with Crippen molar-refractivity contribution in [2.45, 2.75) is 32.4 Å². The highest BCUT2D eigenvalue weighted by Crippen LogP contribution is 2.25. The van der Waals surface area contributed by atoms with Crippen molar-refractivity contribution in [1.82, 2.24) is 10.6 Å². The lowest BCUT2D eigenvalue weighted by Crippen LogP contribution is -2.51. The summed E-state index contributed by atoms with van der Waals surface area (Å²) in [7, 11) is 0. The second kappa shape index (κ2) is 8.56. The SMILES string of the molecule is CCNC(=NCC(C)(C)SC)NCC1(C)COC1.I. The average Bonchev–Trinajstić information content (AvgIpc) is 2.30. The molecule has 6 heteroatoms. The number of ether oxygens (including phenoxy) is 1. The lowest BCUT2D eigenvalue weighted by atomic mass is 9.89. The third-order valence-electron chi connectivity index (χ3n) is 3.10. The largest absolute Gasteiger partial charge is 0.380 e. The smallest absolute Gasteiger partial charge is 0.191 e. The Kier molecular flexibility index (Phi) is 8.70. The van der Waals surface area contributed by atoms with Crippen LogP contribution < -0.4 is 10.6 Å². The molecule has 1 fully saturated rings. The summed E-state index contributed by atoms with van der Waals surface area (Å²) in [6, 6.07) is 0. The van der Waals surface area contributed by atoms with Gasteiger partial charge in [-0.15, -0.1) is 24.0 Å². The molecule has 19 heavy (non-hydrogen) atoms. The Bertz CT molecular complexity index is 294. The molecule has 0 amide bonds. The summed E-state index contributed by atoms with van der Waals surface area (Å²) in [4.78, 5) is 4.65. The van der Waals surface area contributed by atoms with Crippen LogP contribution in [0, 0.1) is 5.41 Å². The zero-order chi connectivity index (χ0) is 13.6. The van der Waals surface area contributed by atoms with E-state index >= 15 is 0 Å². The number of thioether (sulfide) groups is 1.